The molecule has 1 heterocycles. The van der Waals surface area contributed by atoms with Crippen LogP contribution < -0.4 is 11.1 Å². The third-order valence-corrected chi connectivity index (χ3v) is 2.39. The number of aromatic nitrogens is 2. The lowest BCUT2D eigenvalue weighted by molar-refractivity contribution is -0.384. The Labute approximate surface area is 97.9 Å². The molecule has 1 aromatic heterocycles. The van der Waals surface area contributed by atoms with E-state index in [1.807, 2.05) is 0 Å². The number of hydrogen-bond donors (Lipinski definition) is 2. The summed E-state index contributed by atoms with van der Waals surface area (Å²) in [6.07, 6.45) is 0.441. The van der Waals surface area contributed by atoms with E-state index in [4.69, 9.17) is 5.73 Å². The van der Waals surface area contributed by atoms with Gasteiger partial charge in [-0.15, -0.1) is 0 Å². The van der Waals surface area contributed by atoms with Gasteiger partial charge in [0.1, 0.15) is 11.7 Å². The molecule has 17 heavy (non-hydrogen) atoms. The predicted octanol–water partition coefficient (Wildman–Crippen LogP) is 0.176. The lowest BCUT2D eigenvalue weighted by Gasteiger charge is -2.10. The molecule has 0 fully saturated rings. The molecule has 1 aromatic rings. The summed E-state index contributed by atoms with van der Waals surface area (Å²) in [5.41, 5.74) is 5.36. The molecule has 8 nitrogen and oxygen atoms in total. The van der Waals surface area contributed by atoms with Gasteiger partial charge in [0.05, 0.1) is 4.92 Å². The number of primary amides is 1. The van der Waals surface area contributed by atoms with Gasteiger partial charge in [0.2, 0.25) is 11.7 Å². The zero-order chi connectivity index (χ0) is 13.2. The molecule has 1 unspecified atom stereocenters. The average Bonchev–Trinajstić information content (AvgIpc) is 2.55. The highest BCUT2D eigenvalue weighted by Crippen LogP contribution is 2.28. The zero-order valence-corrected chi connectivity index (χ0v) is 9.93. The largest absolute Gasteiger partial charge is 0.368 e. The Morgan fingerprint density at radius 3 is 2.71 bits per heavy atom. The van der Waals surface area contributed by atoms with E-state index in [0.717, 1.165) is 0 Å². The second-order valence-electron chi connectivity index (χ2n) is 3.65. The second kappa shape index (κ2) is 4.81. The number of anilines is 1. The maximum absolute atomic E-state index is 11.0. The second-order valence-corrected chi connectivity index (χ2v) is 3.65. The number of rotatable bonds is 5. The fourth-order valence-electron chi connectivity index (χ4n) is 1.44. The van der Waals surface area contributed by atoms with Crippen LogP contribution in [0.25, 0.3) is 0 Å². The van der Waals surface area contributed by atoms with Crippen molar-refractivity contribution in [2.45, 2.75) is 26.3 Å². The van der Waals surface area contributed by atoms with Crippen LogP contribution in [0.15, 0.2) is 0 Å². The number of nitrogens with zero attached hydrogens (tertiary/aromatic N) is 3. The van der Waals surface area contributed by atoms with Crippen LogP contribution in [0.3, 0.4) is 0 Å². The Morgan fingerprint density at radius 1 is 1.71 bits per heavy atom. The normalized spacial score (nSPS) is 12.2. The highest BCUT2D eigenvalue weighted by atomic mass is 16.6. The molecule has 1 atom stereocenters. The van der Waals surface area contributed by atoms with Gasteiger partial charge in [0.15, 0.2) is 0 Å². The first kappa shape index (κ1) is 12.9. The summed E-state index contributed by atoms with van der Waals surface area (Å²) in [5, 5.41) is 17.7. The predicted molar refractivity (Wildman–Crippen MR) is 61.5 cm³/mol. The zero-order valence-electron chi connectivity index (χ0n) is 9.93. The number of carbonyl (C=O) groups excluding carboxylic acids is 1. The van der Waals surface area contributed by atoms with Crippen molar-refractivity contribution in [3.05, 3.63) is 15.8 Å². The van der Waals surface area contributed by atoms with Crippen LogP contribution in [0.1, 0.15) is 19.5 Å². The molecule has 0 radical (unpaired) electrons. The minimum atomic E-state index is -0.700. The van der Waals surface area contributed by atoms with Gasteiger partial charge in [-0.2, -0.15) is 5.10 Å². The molecule has 0 spiro atoms. The molecule has 0 saturated carbocycles. The molecule has 1 rings (SSSR count). The Hall–Kier alpha value is -2.12. The third-order valence-electron chi connectivity index (χ3n) is 2.39. The molecule has 3 N–H and O–H groups in total. The number of hydrogen-bond acceptors (Lipinski definition) is 5. The average molecular weight is 241 g/mol. The van der Waals surface area contributed by atoms with E-state index in [-0.39, 0.29) is 11.5 Å². The van der Waals surface area contributed by atoms with E-state index < -0.39 is 16.9 Å². The van der Waals surface area contributed by atoms with Crippen LogP contribution in [0.2, 0.25) is 0 Å². The summed E-state index contributed by atoms with van der Waals surface area (Å²) >= 11 is 0. The van der Waals surface area contributed by atoms with Crippen molar-refractivity contribution in [2.24, 2.45) is 12.8 Å². The first-order valence-corrected chi connectivity index (χ1v) is 5.14. The van der Waals surface area contributed by atoms with Gasteiger partial charge in [-0.3, -0.25) is 14.9 Å². The number of nitrogens with one attached hydrogen (secondary N) is 1. The van der Waals surface area contributed by atoms with Crippen molar-refractivity contribution >= 4 is 17.4 Å². The minimum absolute atomic E-state index is 0.108. The van der Waals surface area contributed by atoms with Crippen molar-refractivity contribution in [2.75, 3.05) is 5.32 Å². The Balaban J connectivity index is 3.18. The quantitative estimate of drug-likeness (QED) is 0.563. The fourth-order valence-corrected chi connectivity index (χ4v) is 1.44. The van der Waals surface area contributed by atoms with Crippen LogP contribution in [-0.4, -0.2) is 26.7 Å². The van der Waals surface area contributed by atoms with Crippen molar-refractivity contribution in [1.82, 2.24) is 9.78 Å². The van der Waals surface area contributed by atoms with Gasteiger partial charge in [-0.05, 0) is 13.3 Å². The lowest BCUT2D eigenvalue weighted by Crippen LogP contribution is -2.33. The van der Waals surface area contributed by atoms with E-state index in [1.54, 1.807) is 14.0 Å². The highest BCUT2D eigenvalue weighted by molar-refractivity contribution is 5.83. The fraction of sp³-hybridized carbons (Fsp3) is 0.556. The van der Waals surface area contributed by atoms with Crippen LogP contribution in [0, 0.1) is 10.1 Å². The Bertz CT molecular complexity index is 454. The molecule has 0 aromatic carbocycles. The number of amides is 1. The first-order valence-electron chi connectivity index (χ1n) is 5.14. The van der Waals surface area contributed by atoms with E-state index in [1.165, 1.54) is 11.6 Å². The van der Waals surface area contributed by atoms with Gasteiger partial charge in [0.25, 0.3) is 0 Å². The van der Waals surface area contributed by atoms with Gasteiger partial charge in [-0.25, -0.2) is 4.68 Å². The summed E-state index contributed by atoms with van der Waals surface area (Å²) in [7, 11) is 1.57. The number of aryl methyl sites for hydroxylation is 2. The van der Waals surface area contributed by atoms with Crippen LogP contribution >= 0.6 is 0 Å². The molecular formula is C9H15N5O3. The van der Waals surface area contributed by atoms with Gasteiger partial charge in [-0.1, -0.05) is 6.92 Å². The monoisotopic (exact) mass is 241 g/mol. The van der Waals surface area contributed by atoms with E-state index >= 15 is 0 Å². The molecule has 0 saturated heterocycles. The number of nitrogens with two attached hydrogens (primary N) is 1. The Kier molecular flexibility index (Phi) is 3.66. The first-order chi connectivity index (χ1) is 7.88. The topological polar surface area (TPSA) is 116 Å². The summed E-state index contributed by atoms with van der Waals surface area (Å²) in [6, 6.07) is -0.700. The molecular weight excluding hydrogens is 226 g/mol. The summed E-state index contributed by atoms with van der Waals surface area (Å²) in [4.78, 5) is 21.4. The van der Waals surface area contributed by atoms with Crippen LogP contribution in [0.4, 0.5) is 11.5 Å². The number of carbonyl (C=O) groups is 1. The summed E-state index contributed by atoms with van der Waals surface area (Å²) in [6.45, 7) is 3.31. The van der Waals surface area contributed by atoms with E-state index in [2.05, 4.69) is 10.4 Å². The van der Waals surface area contributed by atoms with Crippen molar-refractivity contribution in [3.8, 4) is 0 Å². The van der Waals surface area contributed by atoms with Crippen LogP contribution in [-0.2, 0) is 18.3 Å². The standard InChI is InChI=1S/C9H15N5O3/c1-4-6-7(14(16)17)9(13(3)12-6)11-5(2)8(10)15/h5,11H,4H2,1-3H3,(H2,10,15). The molecule has 0 aliphatic carbocycles. The van der Waals surface area contributed by atoms with Gasteiger partial charge < -0.3 is 11.1 Å². The summed E-state index contributed by atoms with van der Waals surface area (Å²) < 4.78 is 1.34. The van der Waals surface area contributed by atoms with E-state index in [0.29, 0.717) is 12.1 Å². The summed E-state index contributed by atoms with van der Waals surface area (Å²) in [5.74, 6) is -0.392. The lowest BCUT2D eigenvalue weighted by atomic mass is 10.2. The van der Waals surface area contributed by atoms with Crippen LogP contribution in [0.5, 0.6) is 0 Å². The minimum Gasteiger partial charge on any atom is -0.368 e. The molecule has 1 amide bonds. The third kappa shape index (κ3) is 2.52. The van der Waals surface area contributed by atoms with Crippen molar-refractivity contribution in [1.29, 1.82) is 0 Å². The molecule has 0 aliphatic heterocycles. The highest BCUT2D eigenvalue weighted by Gasteiger charge is 2.27. The molecule has 0 bridgehead atoms. The SMILES string of the molecule is CCc1nn(C)c(NC(C)C(N)=O)c1[N+](=O)[O-]. The van der Waals surface area contributed by atoms with E-state index in [9.17, 15) is 14.9 Å². The van der Waals surface area contributed by atoms with Gasteiger partial charge in [0, 0.05) is 7.05 Å². The Morgan fingerprint density at radius 2 is 2.29 bits per heavy atom. The molecule has 8 heteroatoms. The van der Waals surface area contributed by atoms with Crippen molar-refractivity contribution < 1.29 is 9.72 Å². The molecule has 0 aliphatic rings. The van der Waals surface area contributed by atoms with Crippen molar-refractivity contribution in [3.63, 3.8) is 0 Å². The van der Waals surface area contributed by atoms with Gasteiger partial charge >= 0.3 is 5.69 Å². The molecule has 94 valence electrons. The smallest absolute Gasteiger partial charge is 0.334 e. The maximum atomic E-state index is 11.0. The maximum Gasteiger partial charge on any atom is 0.334 e. The number of nitro groups is 1.